The molecule has 3 nitrogen and oxygen atoms in total. The summed E-state index contributed by atoms with van der Waals surface area (Å²) in [5, 5.41) is 9.85. The van der Waals surface area contributed by atoms with Crippen molar-refractivity contribution in [3.63, 3.8) is 0 Å². The molecule has 1 aliphatic heterocycles. The van der Waals surface area contributed by atoms with Crippen LogP contribution in [0, 0.1) is 5.92 Å². The Labute approximate surface area is 109 Å². The average molecular weight is 249 g/mol. The van der Waals surface area contributed by atoms with Crippen molar-refractivity contribution in [3.8, 4) is 0 Å². The number of aliphatic hydroxyl groups excluding tert-OH is 1. The largest absolute Gasteiger partial charge is 0.389 e. The third-order valence-electron chi connectivity index (χ3n) is 3.92. The van der Waals surface area contributed by atoms with Crippen molar-refractivity contribution in [1.82, 2.24) is 0 Å². The molecule has 1 saturated heterocycles. The van der Waals surface area contributed by atoms with Crippen LogP contribution < -0.4 is 4.90 Å². The van der Waals surface area contributed by atoms with Gasteiger partial charge in [0.25, 0.3) is 0 Å². The summed E-state index contributed by atoms with van der Waals surface area (Å²) in [4.78, 5) is 2.33. The van der Waals surface area contributed by atoms with E-state index in [1.165, 1.54) is 0 Å². The summed E-state index contributed by atoms with van der Waals surface area (Å²) in [6, 6.07) is 8.09. The normalized spacial score (nSPS) is 26.1. The molecule has 3 atom stereocenters. The third-order valence-corrected chi connectivity index (χ3v) is 3.92. The standard InChI is InChI=1S/C15H23NO2/c1-11-8-9-16(10-15(11)18-3)14-7-5-4-6-13(14)12(2)17/h4-7,11-12,15,17H,8-10H2,1-3H3/t11?,12-,15?/m1/s1. The maximum atomic E-state index is 9.85. The smallest absolute Gasteiger partial charge is 0.0781 e. The number of aliphatic hydroxyl groups is 1. The summed E-state index contributed by atoms with van der Waals surface area (Å²) in [5.41, 5.74) is 2.14. The topological polar surface area (TPSA) is 32.7 Å². The number of benzene rings is 1. The fourth-order valence-corrected chi connectivity index (χ4v) is 2.69. The van der Waals surface area contributed by atoms with E-state index in [1.807, 2.05) is 25.1 Å². The SMILES string of the molecule is COC1CN(c2ccccc2[C@@H](C)O)CCC1C. The van der Waals surface area contributed by atoms with E-state index in [0.717, 1.165) is 30.8 Å². The lowest BCUT2D eigenvalue weighted by Crippen LogP contribution is -2.44. The molecule has 18 heavy (non-hydrogen) atoms. The van der Waals surface area contributed by atoms with Crippen molar-refractivity contribution >= 4 is 5.69 Å². The van der Waals surface area contributed by atoms with Crippen LogP contribution in [-0.2, 0) is 4.74 Å². The zero-order valence-corrected chi connectivity index (χ0v) is 11.5. The summed E-state index contributed by atoms with van der Waals surface area (Å²) < 4.78 is 5.55. The molecule has 100 valence electrons. The molecular weight excluding hydrogens is 226 g/mol. The lowest BCUT2D eigenvalue weighted by atomic mass is 9.94. The Hall–Kier alpha value is -1.06. The van der Waals surface area contributed by atoms with Gasteiger partial charge in [-0.3, -0.25) is 0 Å². The molecule has 0 bridgehead atoms. The van der Waals surface area contributed by atoms with E-state index < -0.39 is 6.10 Å². The minimum atomic E-state index is -0.429. The number of rotatable bonds is 3. The van der Waals surface area contributed by atoms with Crippen LogP contribution in [0.5, 0.6) is 0 Å². The molecule has 0 radical (unpaired) electrons. The molecule has 0 saturated carbocycles. The van der Waals surface area contributed by atoms with Gasteiger partial charge in [0.15, 0.2) is 0 Å². The van der Waals surface area contributed by atoms with E-state index in [2.05, 4.69) is 17.9 Å². The van der Waals surface area contributed by atoms with Crippen LogP contribution in [0.3, 0.4) is 0 Å². The maximum Gasteiger partial charge on any atom is 0.0781 e. The Morgan fingerprint density at radius 3 is 2.78 bits per heavy atom. The number of piperidine rings is 1. The first kappa shape index (κ1) is 13.4. The monoisotopic (exact) mass is 249 g/mol. The highest BCUT2D eigenvalue weighted by Crippen LogP contribution is 2.30. The number of methoxy groups -OCH3 is 1. The number of nitrogens with zero attached hydrogens (tertiary/aromatic N) is 1. The van der Waals surface area contributed by atoms with Gasteiger partial charge >= 0.3 is 0 Å². The maximum absolute atomic E-state index is 9.85. The Morgan fingerprint density at radius 2 is 2.11 bits per heavy atom. The fourth-order valence-electron chi connectivity index (χ4n) is 2.69. The van der Waals surface area contributed by atoms with Crippen molar-refractivity contribution in [3.05, 3.63) is 29.8 Å². The van der Waals surface area contributed by atoms with Crippen LogP contribution >= 0.6 is 0 Å². The number of anilines is 1. The first-order valence-electron chi connectivity index (χ1n) is 6.68. The molecule has 1 N–H and O–H groups in total. The van der Waals surface area contributed by atoms with Crippen LogP contribution in [0.1, 0.15) is 31.9 Å². The van der Waals surface area contributed by atoms with Gasteiger partial charge < -0.3 is 14.7 Å². The summed E-state index contributed by atoms with van der Waals surface area (Å²) in [7, 11) is 1.78. The quantitative estimate of drug-likeness (QED) is 0.893. The Morgan fingerprint density at radius 1 is 1.39 bits per heavy atom. The lowest BCUT2D eigenvalue weighted by Gasteiger charge is -2.38. The summed E-state index contributed by atoms with van der Waals surface area (Å²) in [6.07, 6.45) is 0.981. The Bertz CT molecular complexity index is 392. The van der Waals surface area contributed by atoms with E-state index in [0.29, 0.717) is 5.92 Å². The lowest BCUT2D eigenvalue weighted by molar-refractivity contribution is 0.0497. The molecular formula is C15H23NO2. The molecule has 1 fully saturated rings. The second kappa shape index (κ2) is 5.72. The zero-order valence-electron chi connectivity index (χ0n) is 11.5. The highest BCUT2D eigenvalue weighted by atomic mass is 16.5. The average Bonchev–Trinajstić information content (AvgIpc) is 2.39. The van der Waals surface area contributed by atoms with Gasteiger partial charge in [-0.1, -0.05) is 25.1 Å². The van der Waals surface area contributed by atoms with Gasteiger partial charge in [-0.05, 0) is 25.3 Å². The van der Waals surface area contributed by atoms with Crippen molar-refractivity contribution < 1.29 is 9.84 Å². The van der Waals surface area contributed by atoms with E-state index in [4.69, 9.17) is 4.74 Å². The van der Waals surface area contributed by atoms with E-state index >= 15 is 0 Å². The van der Waals surface area contributed by atoms with Gasteiger partial charge in [0.1, 0.15) is 0 Å². The third kappa shape index (κ3) is 2.68. The van der Waals surface area contributed by atoms with Gasteiger partial charge in [-0.15, -0.1) is 0 Å². The van der Waals surface area contributed by atoms with Gasteiger partial charge in [0.2, 0.25) is 0 Å². The zero-order chi connectivity index (χ0) is 13.1. The van der Waals surface area contributed by atoms with Gasteiger partial charge in [-0.25, -0.2) is 0 Å². The number of hydrogen-bond acceptors (Lipinski definition) is 3. The minimum Gasteiger partial charge on any atom is -0.389 e. The molecule has 0 spiro atoms. The molecule has 0 amide bonds. The van der Waals surface area contributed by atoms with Gasteiger partial charge in [0, 0.05) is 31.5 Å². The number of ether oxygens (including phenoxy) is 1. The molecule has 1 aliphatic rings. The molecule has 1 heterocycles. The van der Waals surface area contributed by atoms with Crippen molar-refractivity contribution in [2.45, 2.75) is 32.5 Å². The van der Waals surface area contributed by atoms with Crippen LogP contribution in [0.4, 0.5) is 5.69 Å². The van der Waals surface area contributed by atoms with Crippen LogP contribution in [0.15, 0.2) is 24.3 Å². The second-order valence-electron chi connectivity index (χ2n) is 5.22. The molecule has 1 aromatic rings. The predicted octanol–water partition coefficient (Wildman–Crippen LogP) is 2.60. The highest BCUT2D eigenvalue weighted by Gasteiger charge is 2.27. The summed E-state index contributed by atoms with van der Waals surface area (Å²) >= 11 is 0. The first-order chi connectivity index (χ1) is 8.63. The van der Waals surface area contributed by atoms with E-state index in [1.54, 1.807) is 7.11 Å². The second-order valence-corrected chi connectivity index (χ2v) is 5.22. The van der Waals surface area contributed by atoms with Crippen molar-refractivity contribution in [2.75, 3.05) is 25.1 Å². The van der Waals surface area contributed by atoms with Crippen LogP contribution in [-0.4, -0.2) is 31.4 Å². The highest BCUT2D eigenvalue weighted by molar-refractivity contribution is 5.55. The number of hydrogen-bond donors (Lipinski definition) is 1. The molecule has 2 rings (SSSR count). The molecule has 2 unspecified atom stereocenters. The van der Waals surface area contributed by atoms with E-state index in [-0.39, 0.29) is 6.10 Å². The Kier molecular flexibility index (Phi) is 4.25. The van der Waals surface area contributed by atoms with Crippen molar-refractivity contribution in [2.24, 2.45) is 5.92 Å². The predicted molar refractivity (Wildman–Crippen MR) is 73.9 cm³/mol. The van der Waals surface area contributed by atoms with E-state index in [9.17, 15) is 5.11 Å². The Balaban J connectivity index is 2.21. The minimum absolute atomic E-state index is 0.279. The fraction of sp³-hybridized carbons (Fsp3) is 0.600. The summed E-state index contributed by atoms with van der Waals surface area (Å²) in [6.45, 7) is 6.00. The first-order valence-corrected chi connectivity index (χ1v) is 6.68. The number of para-hydroxylation sites is 1. The van der Waals surface area contributed by atoms with Crippen LogP contribution in [0.2, 0.25) is 0 Å². The van der Waals surface area contributed by atoms with Gasteiger partial charge in [-0.2, -0.15) is 0 Å². The van der Waals surface area contributed by atoms with Gasteiger partial charge in [0.05, 0.1) is 12.2 Å². The molecule has 1 aromatic carbocycles. The van der Waals surface area contributed by atoms with Crippen LogP contribution in [0.25, 0.3) is 0 Å². The summed E-state index contributed by atoms with van der Waals surface area (Å²) in [5.74, 6) is 0.602. The molecule has 0 aromatic heterocycles. The molecule has 0 aliphatic carbocycles. The molecule has 3 heteroatoms. The van der Waals surface area contributed by atoms with Crippen molar-refractivity contribution in [1.29, 1.82) is 0 Å².